The summed E-state index contributed by atoms with van der Waals surface area (Å²) in [5.41, 5.74) is 4.03. The third kappa shape index (κ3) is 7.05. The molecule has 0 aromatic heterocycles. The van der Waals surface area contributed by atoms with Gasteiger partial charge in [0.05, 0.1) is 11.1 Å². The first-order valence-electron chi connectivity index (χ1n) is 11.6. The lowest BCUT2D eigenvalue weighted by atomic mass is 9.83. The van der Waals surface area contributed by atoms with E-state index in [0.717, 1.165) is 23.6 Å². The van der Waals surface area contributed by atoms with Crippen LogP contribution in [-0.2, 0) is 9.59 Å². The molecule has 1 aliphatic rings. The molecule has 0 aliphatic heterocycles. The van der Waals surface area contributed by atoms with Crippen molar-refractivity contribution in [3.8, 4) is 0 Å². The minimum Gasteiger partial charge on any atom is -0.289 e. The van der Waals surface area contributed by atoms with Crippen LogP contribution in [-0.4, -0.2) is 23.1 Å². The fraction of sp³-hybridized carbons (Fsp3) is 0.333. The molecule has 0 spiro atoms. The Bertz CT molecular complexity index is 1160. The zero-order valence-electron chi connectivity index (χ0n) is 21.1. The Morgan fingerprint density at radius 3 is 1.94 bits per heavy atom. The van der Waals surface area contributed by atoms with Crippen molar-refractivity contribution in [3.63, 3.8) is 0 Å². The van der Waals surface area contributed by atoms with Gasteiger partial charge in [0.15, 0.2) is 17.3 Å². The Kier molecular flexibility index (Phi) is 9.61. The smallest absolute Gasteiger partial charge is 0.200 e. The van der Waals surface area contributed by atoms with Crippen molar-refractivity contribution in [1.29, 1.82) is 0 Å². The maximum Gasteiger partial charge on any atom is 0.200 e. The highest BCUT2D eigenvalue weighted by Crippen LogP contribution is 2.26. The van der Waals surface area contributed by atoms with E-state index >= 15 is 0 Å². The van der Waals surface area contributed by atoms with Crippen molar-refractivity contribution >= 4 is 23.1 Å². The van der Waals surface area contributed by atoms with Crippen LogP contribution in [0, 0.1) is 0 Å². The molecule has 0 fully saturated rings. The van der Waals surface area contributed by atoms with E-state index in [4.69, 9.17) is 0 Å². The quantitative estimate of drug-likeness (QED) is 0.166. The van der Waals surface area contributed by atoms with E-state index in [1.165, 1.54) is 17.7 Å². The van der Waals surface area contributed by atoms with Gasteiger partial charge in [-0.15, -0.1) is 0 Å². The van der Waals surface area contributed by atoms with Crippen LogP contribution in [0.3, 0.4) is 0 Å². The number of hydrogen-bond donors (Lipinski definition) is 0. The van der Waals surface area contributed by atoms with E-state index < -0.39 is 23.1 Å². The molecule has 1 aromatic rings. The van der Waals surface area contributed by atoms with Crippen molar-refractivity contribution in [2.75, 3.05) is 0 Å². The van der Waals surface area contributed by atoms with E-state index in [2.05, 4.69) is 6.08 Å². The molecule has 4 nitrogen and oxygen atoms in total. The fourth-order valence-corrected chi connectivity index (χ4v) is 3.79. The van der Waals surface area contributed by atoms with Crippen LogP contribution in [0.2, 0.25) is 0 Å². The molecule has 4 heteroatoms. The molecule has 0 saturated carbocycles. The number of carbonyl (C=O) groups is 4. The standard InChI is InChI=1S/C30H34O4/c1-19(2)11-9-13-21(5)17-27(32)28(22(6)14-10-12-20(3)4)30(34)25-18-26(31)23-15-7-8-16-24(23)29(25)33/h7-8,11-12,15-18H,9-10,13-14H2,1-6H3/b21-17+,28-22+. The van der Waals surface area contributed by atoms with Gasteiger partial charge < -0.3 is 0 Å². The zero-order valence-corrected chi connectivity index (χ0v) is 21.1. The second kappa shape index (κ2) is 12.2. The molecule has 0 radical (unpaired) electrons. The summed E-state index contributed by atoms with van der Waals surface area (Å²) in [6.45, 7) is 11.6. The van der Waals surface area contributed by atoms with Crippen molar-refractivity contribution in [2.45, 2.75) is 67.2 Å². The molecule has 34 heavy (non-hydrogen) atoms. The predicted octanol–water partition coefficient (Wildman–Crippen LogP) is 6.89. The second-order valence-electron chi connectivity index (χ2n) is 9.28. The average Bonchev–Trinajstić information content (AvgIpc) is 2.75. The number of Topliss-reactive ketones (excluding diaryl/α,β-unsaturated/α-hetero) is 2. The molecule has 0 N–H and O–H groups in total. The fourth-order valence-electron chi connectivity index (χ4n) is 3.79. The largest absolute Gasteiger partial charge is 0.289 e. The number of rotatable bonds is 10. The van der Waals surface area contributed by atoms with Crippen molar-refractivity contribution in [2.24, 2.45) is 0 Å². The molecule has 1 aliphatic carbocycles. The topological polar surface area (TPSA) is 68.3 Å². The summed E-state index contributed by atoms with van der Waals surface area (Å²) in [6, 6.07) is 6.44. The number of fused-ring (bicyclic) bond motifs is 1. The van der Waals surface area contributed by atoms with E-state index in [1.807, 2.05) is 40.7 Å². The Labute approximate surface area is 202 Å². The van der Waals surface area contributed by atoms with Crippen molar-refractivity contribution in [3.05, 3.63) is 93.1 Å². The Morgan fingerprint density at radius 2 is 1.35 bits per heavy atom. The average molecular weight is 459 g/mol. The molecule has 178 valence electrons. The minimum absolute atomic E-state index is 0.0181. The highest BCUT2D eigenvalue weighted by atomic mass is 16.2. The van der Waals surface area contributed by atoms with Gasteiger partial charge in [0.25, 0.3) is 0 Å². The van der Waals surface area contributed by atoms with Crippen LogP contribution in [0.25, 0.3) is 0 Å². The number of carbonyl (C=O) groups excluding carboxylic acids is 4. The molecule has 2 rings (SSSR count). The van der Waals surface area contributed by atoms with E-state index in [0.29, 0.717) is 24.8 Å². The summed E-state index contributed by atoms with van der Waals surface area (Å²) in [5, 5.41) is 0. The van der Waals surface area contributed by atoms with E-state index in [1.54, 1.807) is 25.1 Å². The van der Waals surface area contributed by atoms with Gasteiger partial charge in [0, 0.05) is 17.2 Å². The molecule has 0 saturated heterocycles. The van der Waals surface area contributed by atoms with Gasteiger partial charge in [-0.25, -0.2) is 0 Å². The van der Waals surface area contributed by atoms with Crippen LogP contribution in [0.4, 0.5) is 0 Å². The Morgan fingerprint density at radius 1 is 0.794 bits per heavy atom. The third-order valence-corrected chi connectivity index (χ3v) is 5.64. The van der Waals surface area contributed by atoms with Gasteiger partial charge in [-0.3, -0.25) is 19.2 Å². The molecule has 0 unspecified atom stereocenters. The number of ketones is 4. The highest BCUT2D eigenvalue weighted by Gasteiger charge is 2.33. The maximum absolute atomic E-state index is 13.6. The first kappa shape index (κ1) is 26.8. The third-order valence-electron chi connectivity index (χ3n) is 5.64. The number of benzene rings is 1. The Balaban J connectivity index is 2.45. The Hall–Kier alpha value is -3.40. The van der Waals surface area contributed by atoms with Crippen LogP contribution >= 0.6 is 0 Å². The number of allylic oxidation sites excluding steroid dienone is 10. The predicted molar refractivity (Wildman–Crippen MR) is 137 cm³/mol. The van der Waals surface area contributed by atoms with Gasteiger partial charge in [0.2, 0.25) is 5.78 Å². The van der Waals surface area contributed by atoms with Crippen LogP contribution in [0.1, 0.15) is 87.9 Å². The normalized spacial score (nSPS) is 14.1. The molecular formula is C30H34O4. The molecule has 0 heterocycles. The summed E-state index contributed by atoms with van der Waals surface area (Å²) in [5.74, 6) is -2.02. The summed E-state index contributed by atoms with van der Waals surface area (Å²) in [4.78, 5) is 52.5. The highest BCUT2D eigenvalue weighted by molar-refractivity contribution is 6.43. The lowest BCUT2D eigenvalue weighted by Crippen LogP contribution is -2.26. The molecule has 0 atom stereocenters. The van der Waals surface area contributed by atoms with Gasteiger partial charge in [-0.2, -0.15) is 0 Å². The summed E-state index contributed by atoms with van der Waals surface area (Å²) in [7, 11) is 0. The van der Waals surface area contributed by atoms with Crippen molar-refractivity contribution in [1.82, 2.24) is 0 Å². The van der Waals surface area contributed by atoms with Gasteiger partial charge in [-0.1, -0.05) is 58.7 Å². The molecule has 0 bridgehead atoms. The molecular weight excluding hydrogens is 424 g/mol. The van der Waals surface area contributed by atoms with Gasteiger partial charge in [0.1, 0.15) is 0 Å². The van der Waals surface area contributed by atoms with Crippen LogP contribution in [0.15, 0.2) is 82.0 Å². The second-order valence-corrected chi connectivity index (χ2v) is 9.28. The summed E-state index contributed by atoms with van der Waals surface area (Å²) < 4.78 is 0. The SMILES string of the molecule is CC(C)=CCC/C(C)=C/C(=O)/C(C(=O)C1=CC(=O)c2ccccc2C1=O)=C(/C)CCC=C(C)C. The minimum atomic E-state index is -0.680. The first-order valence-corrected chi connectivity index (χ1v) is 11.6. The molecule has 1 aromatic carbocycles. The monoisotopic (exact) mass is 458 g/mol. The molecule has 0 amide bonds. The summed E-state index contributed by atoms with van der Waals surface area (Å²) in [6.07, 6.45) is 9.40. The lowest BCUT2D eigenvalue weighted by molar-refractivity contribution is -0.117. The van der Waals surface area contributed by atoms with Crippen LogP contribution in [0.5, 0.6) is 0 Å². The van der Waals surface area contributed by atoms with E-state index in [9.17, 15) is 19.2 Å². The van der Waals surface area contributed by atoms with E-state index in [-0.39, 0.29) is 22.3 Å². The van der Waals surface area contributed by atoms with Crippen molar-refractivity contribution < 1.29 is 19.2 Å². The van der Waals surface area contributed by atoms with Crippen LogP contribution < -0.4 is 0 Å². The first-order chi connectivity index (χ1) is 16.0. The maximum atomic E-state index is 13.6. The number of hydrogen-bond acceptors (Lipinski definition) is 4. The lowest BCUT2D eigenvalue weighted by Gasteiger charge is -2.16. The van der Waals surface area contributed by atoms with Gasteiger partial charge >= 0.3 is 0 Å². The summed E-state index contributed by atoms with van der Waals surface area (Å²) >= 11 is 0. The van der Waals surface area contributed by atoms with Gasteiger partial charge in [-0.05, 0) is 73.3 Å². The zero-order chi connectivity index (χ0) is 25.4.